The van der Waals surface area contributed by atoms with Crippen LogP contribution in [0, 0.1) is 0 Å². The Bertz CT molecular complexity index is 1140. The Morgan fingerprint density at radius 3 is 2.26 bits per heavy atom. The minimum Gasteiger partial charge on any atom is -0.351 e. The van der Waals surface area contributed by atoms with E-state index in [0.29, 0.717) is 17.9 Å². The Hall–Kier alpha value is -3.15. The summed E-state index contributed by atoms with van der Waals surface area (Å²) >= 11 is 0. The highest BCUT2D eigenvalue weighted by atomic mass is 15.3. The molecule has 2 heterocycles. The van der Waals surface area contributed by atoms with E-state index in [0.717, 1.165) is 38.3 Å². The second kappa shape index (κ2) is 9.61. The maximum atomic E-state index is 4.94. The fourth-order valence-electron chi connectivity index (χ4n) is 5.79. The molecule has 0 bridgehead atoms. The minimum absolute atomic E-state index is 0.241. The van der Waals surface area contributed by atoms with Crippen molar-refractivity contribution in [2.75, 3.05) is 22.1 Å². The summed E-state index contributed by atoms with van der Waals surface area (Å²) in [4.78, 5) is 17.0. The lowest BCUT2D eigenvalue weighted by molar-refractivity contribution is 0.460. The molecule has 1 aromatic heterocycles. The van der Waals surface area contributed by atoms with Gasteiger partial charge in [-0.25, -0.2) is 0 Å². The third-order valence-electron chi connectivity index (χ3n) is 7.65. The van der Waals surface area contributed by atoms with Gasteiger partial charge >= 0.3 is 0 Å². The number of aromatic nitrogens is 3. The highest BCUT2D eigenvalue weighted by Crippen LogP contribution is 2.32. The van der Waals surface area contributed by atoms with Gasteiger partial charge in [-0.05, 0) is 60.8 Å². The van der Waals surface area contributed by atoms with Crippen molar-refractivity contribution >= 4 is 17.8 Å². The van der Waals surface area contributed by atoms with Crippen molar-refractivity contribution in [2.24, 2.45) is 0 Å². The number of anilines is 3. The zero-order chi connectivity index (χ0) is 22.7. The maximum Gasteiger partial charge on any atom is 0.232 e. The van der Waals surface area contributed by atoms with E-state index in [2.05, 4.69) is 64.1 Å². The van der Waals surface area contributed by atoms with Crippen molar-refractivity contribution in [3.63, 3.8) is 0 Å². The highest BCUT2D eigenvalue weighted by Gasteiger charge is 2.24. The number of rotatable bonds is 5. The standard InChI is InChI=1S/C28H34N6/c1-2-13-23(14-3-1)29-26-31-27(30-25-16-8-12-21-10-6-7-15-24(21)25)33-28(32-26)34-18-17-20-9-4-5-11-22(20)19-34/h4-7,9-11,15,23,25H,1-3,8,12-14,16-19H2,(H2,29,30,31,32,33). The van der Waals surface area contributed by atoms with Crippen LogP contribution in [0.25, 0.3) is 0 Å². The van der Waals surface area contributed by atoms with Crippen molar-refractivity contribution in [1.29, 1.82) is 0 Å². The molecule has 3 aliphatic rings. The van der Waals surface area contributed by atoms with Gasteiger partial charge < -0.3 is 15.5 Å². The molecule has 1 atom stereocenters. The fourth-order valence-corrected chi connectivity index (χ4v) is 5.79. The number of fused-ring (bicyclic) bond motifs is 2. The molecule has 0 spiro atoms. The zero-order valence-corrected chi connectivity index (χ0v) is 19.8. The number of aryl methyl sites for hydroxylation is 1. The summed E-state index contributed by atoms with van der Waals surface area (Å²) in [5.74, 6) is 2.17. The molecule has 1 aliphatic heterocycles. The normalized spacial score (nSPS) is 20.4. The molecule has 34 heavy (non-hydrogen) atoms. The summed E-state index contributed by atoms with van der Waals surface area (Å²) in [6.07, 6.45) is 10.7. The van der Waals surface area contributed by atoms with Crippen LogP contribution in [0.4, 0.5) is 17.8 Å². The van der Waals surface area contributed by atoms with E-state index in [-0.39, 0.29) is 6.04 Å². The van der Waals surface area contributed by atoms with E-state index in [1.54, 1.807) is 0 Å². The molecular formula is C28H34N6. The van der Waals surface area contributed by atoms with Crippen molar-refractivity contribution in [2.45, 2.75) is 76.4 Å². The van der Waals surface area contributed by atoms with Crippen LogP contribution in [-0.4, -0.2) is 27.5 Å². The lowest BCUT2D eigenvalue weighted by atomic mass is 9.88. The number of nitrogens with one attached hydrogen (secondary N) is 2. The largest absolute Gasteiger partial charge is 0.351 e. The summed E-state index contributed by atoms with van der Waals surface area (Å²) in [5.41, 5.74) is 5.62. The average Bonchev–Trinajstić information content (AvgIpc) is 2.89. The Morgan fingerprint density at radius 2 is 1.41 bits per heavy atom. The van der Waals surface area contributed by atoms with Crippen LogP contribution in [0.2, 0.25) is 0 Å². The van der Waals surface area contributed by atoms with Gasteiger partial charge in [0.15, 0.2) is 0 Å². The molecule has 0 amide bonds. The lowest BCUT2D eigenvalue weighted by Gasteiger charge is -2.30. The first kappa shape index (κ1) is 21.4. The molecule has 176 valence electrons. The van der Waals surface area contributed by atoms with Crippen molar-refractivity contribution in [1.82, 2.24) is 15.0 Å². The van der Waals surface area contributed by atoms with E-state index in [1.807, 2.05) is 0 Å². The Kier molecular flexibility index (Phi) is 6.04. The fraction of sp³-hybridized carbons (Fsp3) is 0.464. The third kappa shape index (κ3) is 4.59. The molecule has 2 aliphatic carbocycles. The monoisotopic (exact) mass is 454 g/mol. The molecule has 6 nitrogen and oxygen atoms in total. The van der Waals surface area contributed by atoms with E-state index in [4.69, 9.17) is 15.0 Å². The van der Waals surface area contributed by atoms with E-state index in [9.17, 15) is 0 Å². The zero-order valence-electron chi connectivity index (χ0n) is 19.8. The van der Waals surface area contributed by atoms with Gasteiger partial charge in [-0.2, -0.15) is 15.0 Å². The number of benzene rings is 2. The van der Waals surface area contributed by atoms with Gasteiger partial charge in [0, 0.05) is 19.1 Å². The highest BCUT2D eigenvalue weighted by molar-refractivity contribution is 5.48. The van der Waals surface area contributed by atoms with Crippen LogP contribution < -0.4 is 15.5 Å². The van der Waals surface area contributed by atoms with Gasteiger partial charge in [-0.3, -0.25) is 0 Å². The van der Waals surface area contributed by atoms with Gasteiger partial charge in [0.2, 0.25) is 17.8 Å². The topological polar surface area (TPSA) is 66.0 Å². The van der Waals surface area contributed by atoms with Crippen molar-refractivity contribution in [3.05, 3.63) is 70.8 Å². The minimum atomic E-state index is 0.241. The van der Waals surface area contributed by atoms with E-state index < -0.39 is 0 Å². The molecule has 0 saturated heterocycles. The molecule has 6 heteroatoms. The second-order valence-electron chi connectivity index (χ2n) is 9.99. The van der Waals surface area contributed by atoms with Gasteiger partial charge in [0.05, 0.1) is 6.04 Å². The summed E-state index contributed by atoms with van der Waals surface area (Å²) in [6, 6.07) is 18.2. The molecule has 1 saturated carbocycles. The van der Waals surface area contributed by atoms with Crippen LogP contribution in [0.5, 0.6) is 0 Å². The predicted octanol–water partition coefficient (Wildman–Crippen LogP) is 5.67. The van der Waals surface area contributed by atoms with Crippen LogP contribution in [-0.2, 0) is 19.4 Å². The summed E-state index contributed by atoms with van der Waals surface area (Å²) < 4.78 is 0. The smallest absolute Gasteiger partial charge is 0.232 e. The SMILES string of the molecule is c1ccc2c(c1)CCN(c1nc(NC3CCCCC3)nc(NC3CCCc4ccccc43)n1)C2. The molecule has 2 N–H and O–H groups in total. The van der Waals surface area contributed by atoms with E-state index >= 15 is 0 Å². The van der Waals surface area contributed by atoms with Gasteiger partial charge in [0.1, 0.15) is 0 Å². The van der Waals surface area contributed by atoms with Crippen LogP contribution in [0.1, 0.15) is 73.2 Å². The Labute approximate surface area is 202 Å². The number of hydrogen-bond donors (Lipinski definition) is 2. The van der Waals surface area contributed by atoms with Crippen LogP contribution >= 0.6 is 0 Å². The maximum absolute atomic E-state index is 4.94. The number of nitrogens with zero attached hydrogens (tertiary/aromatic N) is 4. The molecule has 1 unspecified atom stereocenters. The summed E-state index contributed by atoms with van der Waals surface area (Å²) in [6.45, 7) is 1.77. The van der Waals surface area contributed by atoms with Gasteiger partial charge in [-0.1, -0.05) is 67.8 Å². The van der Waals surface area contributed by atoms with Crippen molar-refractivity contribution < 1.29 is 0 Å². The molecule has 3 aromatic rings. The first-order valence-electron chi connectivity index (χ1n) is 13.0. The molecule has 6 rings (SSSR count). The van der Waals surface area contributed by atoms with Gasteiger partial charge in [-0.15, -0.1) is 0 Å². The van der Waals surface area contributed by atoms with E-state index in [1.165, 1.54) is 60.8 Å². The first-order chi connectivity index (χ1) is 16.8. The average molecular weight is 455 g/mol. The van der Waals surface area contributed by atoms with Crippen molar-refractivity contribution in [3.8, 4) is 0 Å². The third-order valence-corrected chi connectivity index (χ3v) is 7.65. The first-order valence-corrected chi connectivity index (χ1v) is 13.0. The molecule has 2 aromatic carbocycles. The Balaban J connectivity index is 1.30. The Morgan fingerprint density at radius 1 is 0.676 bits per heavy atom. The lowest BCUT2D eigenvalue weighted by Crippen LogP contribution is -2.33. The van der Waals surface area contributed by atoms with Gasteiger partial charge in [0.25, 0.3) is 0 Å². The summed E-state index contributed by atoms with van der Waals surface area (Å²) in [5, 5.41) is 7.33. The molecule has 0 radical (unpaired) electrons. The van der Waals surface area contributed by atoms with Crippen LogP contribution in [0.3, 0.4) is 0 Å². The quantitative estimate of drug-likeness (QED) is 0.518. The summed E-state index contributed by atoms with van der Waals surface area (Å²) in [7, 11) is 0. The second-order valence-corrected chi connectivity index (χ2v) is 9.99. The predicted molar refractivity (Wildman–Crippen MR) is 137 cm³/mol. The molecular weight excluding hydrogens is 420 g/mol. The number of hydrogen-bond acceptors (Lipinski definition) is 6. The molecule has 1 fully saturated rings. The van der Waals surface area contributed by atoms with Crippen LogP contribution in [0.15, 0.2) is 48.5 Å².